The summed E-state index contributed by atoms with van der Waals surface area (Å²) in [6.07, 6.45) is 2.13. The van der Waals surface area contributed by atoms with Gasteiger partial charge in [0.05, 0.1) is 5.69 Å². The monoisotopic (exact) mass is 743 g/mol. The summed E-state index contributed by atoms with van der Waals surface area (Å²) in [4.78, 5) is 84.3. The van der Waals surface area contributed by atoms with E-state index in [9.17, 15) is 33.9 Å². The first kappa shape index (κ1) is 37.8. The third-order valence-electron chi connectivity index (χ3n) is 9.86. The van der Waals surface area contributed by atoms with Crippen LogP contribution in [0.2, 0.25) is 0 Å². The van der Waals surface area contributed by atoms with Crippen LogP contribution in [0.25, 0.3) is 5.69 Å². The van der Waals surface area contributed by atoms with Gasteiger partial charge in [0.1, 0.15) is 18.7 Å². The number of carbonyl (C=O) groups is 6. The number of likely N-dealkylation sites (N-methyl/N-ethyl adjacent to an activating group) is 1. The molecule has 2 aromatic carbocycles. The van der Waals surface area contributed by atoms with Gasteiger partial charge in [-0.25, -0.2) is 9.48 Å². The van der Waals surface area contributed by atoms with E-state index in [0.29, 0.717) is 25.1 Å². The van der Waals surface area contributed by atoms with Crippen molar-refractivity contribution in [3.8, 4) is 11.6 Å². The van der Waals surface area contributed by atoms with Gasteiger partial charge in [-0.3, -0.25) is 24.0 Å². The number of nitrogens with zero attached hydrogens (tertiary/aromatic N) is 6. The number of hydrogen-bond acceptors (Lipinski definition) is 9. The molecule has 0 radical (unpaired) electrons. The molecule has 3 fully saturated rings. The van der Waals surface area contributed by atoms with Crippen LogP contribution in [0.15, 0.2) is 66.7 Å². The SMILES string of the molecule is CN(C(=O)[C@@H]1CCCN1C(=O)COc1cc(C(=O)N[C@@H](CCC(=O)O)C(=O)N2CCN(C(=O)OCc3ccccc3)CC2)nn1-c1ccccc1)C1CC1. The minimum absolute atomic E-state index is 0.0770. The van der Waals surface area contributed by atoms with Gasteiger partial charge in [-0.1, -0.05) is 48.5 Å². The minimum atomic E-state index is -1.20. The van der Waals surface area contributed by atoms with E-state index in [1.807, 2.05) is 30.3 Å². The Morgan fingerprint density at radius 1 is 0.907 bits per heavy atom. The molecule has 54 heavy (non-hydrogen) atoms. The van der Waals surface area contributed by atoms with Crippen LogP contribution in [0.1, 0.15) is 54.6 Å². The van der Waals surface area contributed by atoms with Gasteiger partial charge in [0.25, 0.3) is 11.8 Å². The van der Waals surface area contributed by atoms with Crippen LogP contribution in [0.5, 0.6) is 5.88 Å². The van der Waals surface area contributed by atoms with E-state index < -0.39 is 42.6 Å². The molecule has 5 amide bonds. The van der Waals surface area contributed by atoms with Crippen LogP contribution < -0.4 is 10.1 Å². The van der Waals surface area contributed by atoms with Gasteiger partial charge in [0, 0.05) is 58.3 Å². The van der Waals surface area contributed by atoms with Crippen molar-refractivity contribution in [3.63, 3.8) is 0 Å². The van der Waals surface area contributed by atoms with Gasteiger partial charge in [-0.05, 0) is 49.8 Å². The van der Waals surface area contributed by atoms with Crippen LogP contribution >= 0.6 is 0 Å². The average Bonchev–Trinajstić information content (AvgIpc) is 3.76. The Hall–Kier alpha value is -5.93. The number of aliphatic carboxylic acids is 1. The molecule has 0 spiro atoms. The summed E-state index contributed by atoms with van der Waals surface area (Å²) >= 11 is 0. The molecule has 16 nitrogen and oxygen atoms in total. The number of piperazine rings is 1. The van der Waals surface area contributed by atoms with Crippen LogP contribution in [0, 0.1) is 0 Å². The predicted octanol–water partition coefficient (Wildman–Crippen LogP) is 2.31. The zero-order valence-electron chi connectivity index (χ0n) is 30.2. The molecule has 1 aromatic heterocycles. The number of carbonyl (C=O) groups excluding carboxylic acids is 5. The minimum Gasteiger partial charge on any atom is -0.481 e. The second kappa shape index (κ2) is 17.3. The van der Waals surface area contributed by atoms with E-state index in [2.05, 4.69) is 10.4 Å². The number of nitrogens with one attached hydrogen (secondary N) is 1. The zero-order chi connectivity index (χ0) is 38.2. The largest absolute Gasteiger partial charge is 0.481 e. The Morgan fingerprint density at radius 3 is 2.24 bits per heavy atom. The lowest BCUT2D eigenvalue weighted by atomic mass is 10.1. The molecule has 286 valence electrons. The van der Waals surface area contributed by atoms with Crippen molar-refractivity contribution < 1.29 is 43.3 Å². The molecule has 2 saturated heterocycles. The fraction of sp³-hybridized carbons (Fsp3) is 0.447. The van der Waals surface area contributed by atoms with Crippen molar-refractivity contribution in [1.29, 1.82) is 0 Å². The van der Waals surface area contributed by atoms with Crippen molar-refractivity contribution in [2.75, 3.05) is 46.4 Å². The highest BCUT2D eigenvalue weighted by Crippen LogP contribution is 2.29. The summed E-state index contributed by atoms with van der Waals surface area (Å²) in [5.74, 6) is -2.74. The lowest BCUT2D eigenvalue weighted by Crippen LogP contribution is -2.56. The first-order valence-electron chi connectivity index (χ1n) is 18.2. The molecule has 0 bridgehead atoms. The van der Waals surface area contributed by atoms with E-state index in [0.717, 1.165) is 18.4 Å². The van der Waals surface area contributed by atoms with Crippen LogP contribution in [-0.2, 0) is 30.5 Å². The third-order valence-corrected chi connectivity index (χ3v) is 9.86. The topological polar surface area (TPSA) is 184 Å². The number of aromatic nitrogens is 2. The second-order valence-electron chi connectivity index (χ2n) is 13.6. The van der Waals surface area contributed by atoms with E-state index >= 15 is 0 Å². The molecule has 16 heteroatoms. The van der Waals surface area contributed by atoms with Crippen molar-refractivity contribution in [2.24, 2.45) is 0 Å². The molecule has 2 N–H and O–H groups in total. The maximum absolute atomic E-state index is 13.7. The molecule has 1 aliphatic carbocycles. The molecule has 3 aromatic rings. The fourth-order valence-corrected chi connectivity index (χ4v) is 6.65. The summed E-state index contributed by atoms with van der Waals surface area (Å²) in [7, 11) is 1.77. The lowest BCUT2D eigenvalue weighted by molar-refractivity contribution is -0.144. The summed E-state index contributed by atoms with van der Waals surface area (Å²) < 4.78 is 12.7. The van der Waals surface area contributed by atoms with Gasteiger partial charge in [-0.15, -0.1) is 0 Å². The quantitative estimate of drug-likeness (QED) is 0.249. The lowest BCUT2D eigenvalue weighted by Gasteiger charge is -2.36. The molecule has 3 aliphatic rings. The van der Waals surface area contributed by atoms with E-state index in [4.69, 9.17) is 9.47 Å². The zero-order valence-corrected chi connectivity index (χ0v) is 30.2. The van der Waals surface area contributed by atoms with Crippen molar-refractivity contribution >= 4 is 35.7 Å². The van der Waals surface area contributed by atoms with Gasteiger partial charge < -0.3 is 39.5 Å². The van der Waals surface area contributed by atoms with Crippen LogP contribution in [0.4, 0.5) is 4.79 Å². The number of carboxylic acids is 1. The molecule has 3 heterocycles. The van der Waals surface area contributed by atoms with Crippen LogP contribution in [-0.4, -0.2) is 135 Å². The maximum Gasteiger partial charge on any atom is 0.410 e. The van der Waals surface area contributed by atoms with E-state index in [-0.39, 0.29) is 75.1 Å². The van der Waals surface area contributed by atoms with Gasteiger partial charge in [-0.2, -0.15) is 5.10 Å². The first-order valence-corrected chi connectivity index (χ1v) is 18.2. The van der Waals surface area contributed by atoms with Crippen molar-refractivity contribution in [1.82, 2.24) is 34.7 Å². The first-order chi connectivity index (χ1) is 26.1. The number of rotatable bonds is 14. The van der Waals surface area contributed by atoms with E-state index in [1.165, 1.54) is 20.5 Å². The third kappa shape index (κ3) is 9.35. The summed E-state index contributed by atoms with van der Waals surface area (Å²) in [6, 6.07) is 17.9. The highest BCUT2D eigenvalue weighted by atomic mass is 16.6. The molecular formula is C38H45N7O9. The fourth-order valence-electron chi connectivity index (χ4n) is 6.65. The Bertz CT molecular complexity index is 1820. The van der Waals surface area contributed by atoms with Crippen molar-refractivity contribution in [2.45, 2.75) is 63.3 Å². The smallest absolute Gasteiger partial charge is 0.410 e. The number of hydrogen-bond donors (Lipinski definition) is 2. The normalized spacial score (nSPS) is 17.4. The Morgan fingerprint density at radius 2 is 1.57 bits per heavy atom. The molecule has 1 saturated carbocycles. The molecule has 2 aliphatic heterocycles. The average molecular weight is 744 g/mol. The van der Waals surface area contributed by atoms with Gasteiger partial charge in [0.2, 0.25) is 17.7 Å². The highest BCUT2D eigenvalue weighted by Gasteiger charge is 2.40. The molecule has 2 atom stereocenters. The Balaban J connectivity index is 1.10. The number of para-hydroxylation sites is 1. The maximum atomic E-state index is 13.7. The number of benzene rings is 2. The van der Waals surface area contributed by atoms with Gasteiger partial charge in [0.15, 0.2) is 12.3 Å². The standard InChI is InChI=1S/C38H45N7O9/c1-41(27-14-15-27)37(51)31-13-8-18-44(31)32(46)25-53-33-23-30(40-45(33)28-11-6-3-7-12-28)35(49)39-29(16-17-34(47)48)36(50)42-19-21-43(22-20-42)38(52)54-24-26-9-4-2-5-10-26/h2-7,9-12,23,27,29,31H,8,13-22,24-25H2,1H3,(H,39,49)(H,47,48)/t29-,31-/m0/s1. The number of carboxylic acid groups (broad SMARTS) is 1. The molecule has 6 rings (SSSR count). The number of amides is 5. The summed E-state index contributed by atoms with van der Waals surface area (Å²) in [5.41, 5.74) is 1.26. The summed E-state index contributed by atoms with van der Waals surface area (Å²) in [5, 5.41) is 16.5. The second-order valence-corrected chi connectivity index (χ2v) is 13.6. The molecule has 0 unspecified atom stereocenters. The highest BCUT2D eigenvalue weighted by molar-refractivity contribution is 5.96. The van der Waals surface area contributed by atoms with Gasteiger partial charge >= 0.3 is 12.1 Å². The predicted molar refractivity (Wildman–Crippen MR) is 192 cm³/mol. The summed E-state index contributed by atoms with van der Waals surface area (Å²) in [6.45, 7) is 0.862. The van der Waals surface area contributed by atoms with E-state index in [1.54, 1.807) is 47.2 Å². The molecular weight excluding hydrogens is 698 g/mol. The van der Waals surface area contributed by atoms with Crippen molar-refractivity contribution in [3.05, 3.63) is 78.0 Å². The number of likely N-dealkylation sites (tertiary alicyclic amines) is 1. The Labute approximate surface area is 312 Å². The Kier molecular flexibility index (Phi) is 12.1. The number of ether oxygens (including phenoxy) is 2. The van der Waals surface area contributed by atoms with Crippen LogP contribution in [0.3, 0.4) is 0 Å².